The van der Waals surface area contributed by atoms with Crippen LogP contribution in [0.25, 0.3) is 0 Å². The monoisotopic (exact) mass is 359 g/mol. The molecule has 6 nitrogen and oxygen atoms in total. The highest BCUT2D eigenvalue weighted by atomic mass is 16.2. The van der Waals surface area contributed by atoms with Crippen LogP contribution in [0.3, 0.4) is 0 Å². The Hall–Kier alpha value is -1.40. The van der Waals surface area contributed by atoms with Gasteiger partial charge in [-0.25, -0.2) is 4.98 Å². The standard InChI is InChI=1S/C20H33N5O/c1-3-24-11-9-21-18(24)15-23-13-12-22(2)20(16-23)7-6-19(26)25(10-8-20)14-17-4-5-17/h9,11,17H,3-8,10,12-16H2,1-2H3. The SMILES string of the molecule is CCn1ccnc1CN1CCN(C)C2(CCC(=O)N(CC3CC3)CC2)C1. The first-order chi connectivity index (χ1) is 12.6. The Bertz CT molecular complexity index is 640. The molecule has 1 saturated carbocycles. The van der Waals surface area contributed by atoms with Gasteiger partial charge >= 0.3 is 0 Å². The molecule has 3 heterocycles. The number of amides is 1. The van der Waals surface area contributed by atoms with Crippen LogP contribution in [0.1, 0.15) is 44.9 Å². The molecule has 0 bridgehead atoms. The molecule has 1 unspecified atom stereocenters. The van der Waals surface area contributed by atoms with E-state index in [0.717, 1.165) is 70.4 Å². The zero-order valence-corrected chi connectivity index (χ0v) is 16.4. The third-order valence-corrected chi connectivity index (χ3v) is 6.77. The van der Waals surface area contributed by atoms with Gasteiger partial charge in [0.2, 0.25) is 5.91 Å². The van der Waals surface area contributed by atoms with Crippen LogP contribution in [0.5, 0.6) is 0 Å². The fraction of sp³-hybridized carbons (Fsp3) is 0.800. The Labute approximate surface area is 157 Å². The van der Waals surface area contributed by atoms with E-state index in [9.17, 15) is 4.79 Å². The molecule has 0 radical (unpaired) electrons. The maximum absolute atomic E-state index is 12.6. The number of aryl methyl sites for hydroxylation is 1. The Morgan fingerprint density at radius 2 is 2.08 bits per heavy atom. The first-order valence-corrected chi connectivity index (χ1v) is 10.3. The van der Waals surface area contributed by atoms with Crippen molar-refractivity contribution in [2.24, 2.45) is 5.92 Å². The topological polar surface area (TPSA) is 44.6 Å². The molecular formula is C20H33N5O. The van der Waals surface area contributed by atoms with Crippen molar-refractivity contribution in [3.05, 3.63) is 18.2 Å². The maximum Gasteiger partial charge on any atom is 0.222 e. The molecule has 144 valence electrons. The number of piperazine rings is 1. The van der Waals surface area contributed by atoms with Gasteiger partial charge in [-0.1, -0.05) is 0 Å². The highest BCUT2D eigenvalue weighted by molar-refractivity contribution is 5.76. The minimum atomic E-state index is 0.135. The summed E-state index contributed by atoms with van der Waals surface area (Å²) in [4.78, 5) is 24.4. The average Bonchev–Trinajstić information content (AvgIpc) is 3.38. The van der Waals surface area contributed by atoms with Crippen molar-refractivity contribution in [1.82, 2.24) is 24.3 Å². The summed E-state index contributed by atoms with van der Waals surface area (Å²) in [6.45, 7) is 9.17. The molecule has 1 aromatic rings. The second-order valence-electron chi connectivity index (χ2n) is 8.52. The van der Waals surface area contributed by atoms with Gasteiger partial charge in [-0.15, -0.1) is 0 Å². The highest BCUT2D eigenvalue weighted by Gasteiger charge is 2.42. The first kappa shape index (κ1) is 18.0. The number of nitrogens with zero attached hydrogens (tertiary/aromatic N) is 5. The van der Waals surface area contributed by atoms with Crippen molar-refractivity contribution in [2.45, 2.75) is 57.7 Å². The second-order valence-corrected chi connectivity index (χ2v) is 8.52. The van der Waals surface area contributed by atoms with E-state index >= 15 is 0 Å². The van der Waals surface area contributed by atoms with E-state index in [1.165, 1.54) is 12.8 Å². The lowest BCUT2D eigenvalue weighted by Gasteiger charge is -2.49. The predicted molar refractivity (Wildman–Crippen MR) is 102 cm³/mol. The molecule has 26 heavy (non-hydrogen) atoms. The van der Waals surface area contributed by atoms with Crippen molar-refractivity contribution < 1.29 is 4.79 Å². The number of carbonyl (C=O) groups is 1. The molecular weight excluding hydrogens is 326 g/mol. The molecule has 0 N–H and O–H groups in total. The van der Waals surface area contributed by atoms with Crippen LogP contribution < -0.4 is 0 Å². The third-order valence-electron chi connectivity index (χ3n) is 6.77. The van der Waals surface area contributed by atoms with Crippen LogP contribution in [0.2, 0.25) is 0 Å². The third kappa shape index (κ3) is 3.67. The van der Waals surface area contributed by atoms with E-state index < -0.39 is 0 Å². The molecule has 1 aromatic heterocycles. The van der Waals surface area contributed by atoms with Crippen molar-refractivity contribution >= 4 is 5.91 Å². The first-order valence-electron chi connectivity index (χ1n) is 10.3. The quantitative estimate of drug-likeness (QED) is 0.804. The van der Waals surface area contributed by atoms with Crippen LogP contribution in [0.15, 0.2) is 12.4 Å². The Balaban J connectivity index is 1.44. The van der Waals surface area contributed by atoms with E-state index in [4.69, 9.17) is 0 Å². The minimum Gasteiger partial charge on any atom is -0.342 e. The van der Waals surface area contributed by atoms with Crippen molar-refractivity contribution in [1.29, 1.82) is 0 Å². The molecule has 2 saturated heterocycles. The van der Waals surface area contributed by atoms with Crippen LogP contribution in [-0.4, -0.2) is 75.5 Å². The summed E-state index contributed by atoms with van der Waals surface area (Å²) in [7, 11) is 2.26. The molecule has 3 aliphatic rings. The molecule has 0 aromatic carbocycles. The lowest BCUT2D eigenvalue weighted by Crippen LogP contribution is -2.60. The molecule has 6 heteroatoms. The molecule has 1 amide bonds. The Morgan fingerprint density at radius 1 is 1.23 bits per heavy atom. The number of likely N-dealkylation sites (tertiary alicyclic amines) is 1. The van der Waals surface area contributed by atoms with Gasteiger partial charge in [0.05, 0.1) is 6.54 Å². The zero-order chi connectivity index (χ0) is 18.1. The van der Waals surface area contributed by atoms with Crippen molar-refractivity contribution in [3.63, 3.8) is 0 Å². The number of hydrogen-bond acceptors (Lipinski definition) is 4. The van der Waals surface area contributed by atoms with Gasteiger partial charge < -0.3 is 9.47 Å². The van der Waals surface area contributed by atoms with E-state index in [1.54, 1.807) is 0 Å². The van der Waals surface area contributed by atoms with Crippen LogP contribution in [-0.2, 0) is 17.9 Å². The molecule has 1 spiro atoms. The van der Waals surface area contributed by atoms with Gasteiger partial charge in [-0.3, -0.25) is 14.6 Å². The summed E-state index contributed by atoms with van der Waals surface area (Å²) in [6.07, 6.45) is 9.39. The summed E-state index contributed by atoms with van der Waals surface area (Å²) in [5.74, 6) is 2.31. The van der Waals surface area contributed by atoms with E-state index in [0.29, 0.717) is 12.3 Å². The normalized spacial score (nSPS) is 28.7. The Morgan fingerprint density at radius 3 is 2.85 bits per heavy atom. The van der Waals surface area contributed by atoms with Crippen molar-refractivity contribution in [3.8, 4) is 0 Å². The Kier molecular flexibility index (Phi) is 5.06. The van der Waals surface area contributed by atoms with Gasteiger partial charge in [-0.2, -0.15) is 0 Å². The molecule has 4 rings (SSSR count). The predicted octanol–water partition coefficient (Wildman–Crippen LogP) is 1.81. The number of likely N-dealkylation sites (N-methyl/N-ethyl adjacent to an activating group) is 1. The number of aromatic nitrogens is 2. The summed E-state index contributed by atoms with van der Waals surface area (Å²) in [5.41, 5.74) is 0.135. The lowest BCUT2D eigenvalue weighted by molar-refractivity contribution is -0.131. The zero-order valence-electron chi connectivity index (χ0n) is 16.4. The molecule has 1 aliphatic carbocycles. The highest BCUT2D eigenvalue weighted by Crippen LogP contribution is 2.35. The molecule has 2 aliphatic heterocycles. The summed E-state index contributed by atoms with van der Waals surface area (Å²) in [5, 5.41) is 0. The van der Waals surface area contributed by atoms with Crippen LogP contribution >= 0.6 is 0 Å². The van der Waals surface area contributed by atoms with Crippen LogP contribution in [0.4, 0.5) is 0 Å². The lowest BCUT2D eigenvalue weighted by atomic mass is 9.86. The molecule has 3 fully saturated rings. The fourth-order valence-corrected chi connectivity index (χ4v) is 4.69. The minimum absolute atomic E-state index is 0.135. The smallest absolute Gasteiger partial charge is 0.222 e. The maximum atomic E-state index is 12.6. The fourth-order valence-electron chi connectivity index (χ4n) is 4.69. The molecule has 1 atom stereocenters. The van der Waals surface area contributed by atoms with E-state index in [2.05, 4.69) is 44.4 Å². The number of imidazole rings is 1. The van der Waals surface area contributed by atoms with Gasteiger partial charge in [-0.05, 0) is 45.6 Å². The van der Waals surface area contributed by atoms with Gasteiger partial charge in [0, 0.05) is 63.6 Å². The van der Waals surface area contributed by atoms with Gasteiger partial charge in [0.1, 0.15) is 5.82 Å². The van der Waals surface area contributed by atoms with Gasteiger partial charge in [0.15, 0.2) is 0 Å². The van der Waals surface area contributed by atoms with E-state index in [-0.39, 0.29) is 5.54 Å². The summed E-state index contributed by atoms with van der Waals surface area (Å²) in [6, 6.07) is 0. The number of rotatable bonds is 5. The van der Waals surface area contributed by atoms with Crippen molar-refractivity contribution in [2.75, 3.05) is 39.8 Å². The summed E-state index contributed by atoms with van der Waals surface area (Å²) >= 11 is 0. The van der Waals surface area contributed by atoms with Gasteiger partial charge in [0.25, 0.3) is 0 Å². The average molecular weight is 360 g/mol. The van der Waals surface area contributed by atoms with Crippen LogP contribution in [0, 0.1) is 5.92 Å². The number of carbonyl (C=O) groups excluding carboxylic acids is 1. The number of hydrogen-bond donors (Lipinski definition) is 0. The van der Waals surface area contributed by atoms with E-state index in [1.807, 2.05) is 6.20 Å². The summed E-state index contributed by atoms with van der Waals surface area (Å²) < 4.78 is 2.24. The second kappa shape index (κ2) is 7.31. The largest absolute Gasteiger partial charge is 0.342 e.